The van der Waals surface area contributed by atoms with Crippen molar-refractivity contribution in [2.45, 2.75) is 39.5 Å². The first-order chi connectivity index (χ1) is 5.04. The van der Waals surface area contributed by atoms with Gasteiger partial charge in [0, 0.05) is 5.41 Å². The number of carbonyl (C=O) groups is 1. The van der Waals surface area contributed by atoms with Crippen LogP contribution in [0.5, 0.6) is 0 Å². The van der Waals surface area contributed by atoms with Crippen LogP contribution in [0.4, 0.5) is 0 Å². The van der Waals surface area contributed by atoms with Gasteiger partial charge in [0.2, 0.25) is 5.24 Å². The van der Waals surface area contributed by atoms with Crippen molar-refractivity contribution >= 4 is 16.8 Å². The smallest absolute Gasteiger partial charge is 0.227 e. The molecule has 1 rings (SSSR count). The molecule has 0 aromatic heterocycles. The summed E-state index contributed by atoms with van der Waals surface area (Å²) in [6, 6.07) is 0. The van der Waals surface area contributed by atoms with Crippen molar-refractivity contribution in [2.75, 3.05) is 0 Å². The van der Waals surface area contributed by atoms with Crippen LogP contribution in [0.25, 0.3) is 0 Å². The van der Waals surface area contributed by atoms with E-state index in [1.807, 2.05) is 6.92 Å². The van der Waals surface area contributed by atoms with Gasteiger partial charge in [-0.2, -0.15) is 0 Å². The lowest BCUT2D eigenvalue weighted by Gasteiger charge is -2.33. The van der Waals surface area contributed by atoms with E-state index in [0.717, 1.165) is 19.3 Å². The Morgan fingerprint density at radius 2 is 2.27 bits per heavy atom. The van der Waals surface area contributed by atoms with Gasteiger partial charge in [-0.15, -0.1) is 0 Å². The maximum atomic E-state index is 11.0. The lowest BCUT2D eigenvalue weighted by Crippen LogP contribution is -2.29. The van der Waals surface area contributed by atoms with E-state index < -0.39 is 0 Å². The summed E-state index contributed by atoms with van der Waals surface area (Å²) >= 11 is 5.52. The average molecular weight is 175 g/mol. The van der Waals surface area contributed by atoms with Crippen LogP contribution in [0.2, 0.25) is 0 Å². The van der Waals surface area contributed by atoms with E-state index in [1.165, 1.54) is 6.42 Å². The molecule has 0 N–H and O–H groups in total. The van der Waals surface area contributed by atoms with Crippen LogP contribution in [0.1, 0.15) is 39.5 Å². The SMILES string of the molecule is C[C@@H]1CCC[C@@](C)(C(=O)Cl)C1. The highest BCUT2D eigenvalue weighted by molar-refractivity contribution is 6.64. The van der Waals surface area contributed by atoms with Crippen LogP contribution < -0.4 is 0 Å². The van der Waals surface area contributed by atoms with Gasteiger partial charge in [0.05, 0.1) is 0 Å². The first-order valence-electron chi connectivity index (χ1n) is 4.24. The summed E-state index contributed by atoms with van der Waals surface area (Å²) in [6.07, 6.45) is 4.34. The van der Waals surface area contributed by atoms with Crippen LogP contribution in [-0.4, -0.2) is 5.24 Å². The lowest BCUT2D eigenvalue weighted by molar-refractivity contribution is -0.122. The Kier molecular flexibility index (Phi) is 2.58. The molecule has 11 heavy (non-hydrogen) atoms. The minimum absolute atomic E-state index is 0.149. The fourth-order valence-electron chi connectivity index (χ4n) is 1.99. The molecule has 0 saturated heterocycles. The van der Waals surface area contributed by atoms with E-state index in [2.05, 4.69) is 6.92 Å². The van der Waals surface area contributed by atoms with Crippen LogP contribution in [0.3, 0.4) is 0 Å². The van der Waals surface area contributed by atoms with Crippen molar-refractivity contribution in [1.29, 1.82) is 0 Å². The molecule has 1 aliphatic carbocycles. The van der Waals surface area contributed by atoms with E-state index >= 15 is 0 Å². The number of carbonyl (C=O) groups excluding carboxylic acids is 1. The third-order valence-electron chi connectivity index (χ3n) is 2.70. The van der Waals surface area contributed by atoms with Gasteiger partial charge in [-0.05, 0) is 30.4 Å². The number of rotatable bonds is 1. The van der Waals surface area contributed by atoms with E-state index in [9.17, 15) is 4.79 Å². The highest BCUT2D eigenvalue weighted by Gasteiger charge is 2.35. The maximum absolute atomic E-state index is 11.0. The Morgan fingerprint density at radius 1 is 1.64 bits per heavy atom. The minimum atomic E-state index is -0.223. The summed E-state index contributed by atoms with van der Waals surface area (Å²) in [5.41, 5.74) is -0.223. The van der Waals surface area contributed by atoms with Crippen molar-refractivity contribution in [3.05, 3.63) is 0 Å². The van der Waals surface area contributed by atoms with E-state index in [0.29, 0.717) is 5.92 Å². The Morgan fingerprint density at radius 3 is 2.64 bits per heavy atom. The van der Waals surface area contributed by atoms with Crippen molar-refractivity contribution in [3.63, 3.8) is 0 Å². The molecule has 0 heterocycles. The van der Waals surface area contributed by atoms with Crippen molar-refractivity contribution in [3.8, 4) is 0 Å². The topological polar surface area (TPSA) is 17.1 Å². The quantitative estimate of drug-likeness (QED) is 0.559. The molecule has 2 atom stereocenters. The molecule has 0 aliphatic heterocycles. The number of hydrogen-bond donors (Lipinski definition) is 0. The molecule has 0 unspecified atom stereocenters. The summed E-state index contributed by atoms with van der Waals surface area (Å²) in [5, 5.41) is -0.149. The summed E-state index contributed by atoms with van der Waals surface area (Å²) in [7, 11) is 0. The summed E-state index contributed by atoms with van der Waals surface area (Å²) in [4.78, 5) is 11.0. The summed E-state index contributed by atoms with van der Waals surface area (Å²) in [5.74, 6) is 0.663. The molecule has 0 aromatic carbocycles. The molecule has 0 spiro atoms. The van der Waals surface area contributed by atoms with Gasteiger partial charge in [-0.3, -0.25) is 4.79 Å². The Balaban J connectivity index is 2.63. The van der Waals surface area contributed by atoms with Crippen LogP contribution in [0, 0.1) is 11.3 Å². The molecule has 2 heteroatoms. The van der Waals surface area contributed by atoms with Gasteiger partial charge in [0.25, 0.3) is 0 Å². The minimum Gasteiger partial charge on any atom is -0.281 e. The molecule has 1 saturated carbocycles. The van der Waals surface area contributed by atoms with Crippen LogP contribution in [0.15, 0.2) is 0 Å². The molecule has 64 valence electrons. The van der Waals surface area contributed by atoms with Gasteiger partial charge >= 0.3 is 0 Å². The highest BCUT2D eigenvalue weighted by Crippen LogP contribution is 2.40. The van der Waals surface area contributed by atoms with Gasteiger partial charge in [-0.25, -0.2) is 0 Å². The van der Waals surface area contributed by atoms with Crippen LogP contribution >= 0.6 is 11.6 Å². The second-order valence-corrected chi connectivity index (χ2v) is 4.38. The molecule has 0 aromatic rings. The summed E-state index contributed by atoms with van der Waals surface area (Å²) < 4.78 is 0. The third-order valence-corrected chi connectivity index (χ3v) is 3.16. The first kappa shape index (κ1) is 9.05. The normalized spacial score (nSPS) is 38.6. The Labute approximate surface area is 73.1 Å². The van der Waals surface area contributed by atoms with Gasteiger partial charge in [0.1, 0.15) is 0 Å². The number of hydrogen-bond acceptors (Lipinski definition) is 1. The van der Waals surface area contributed by atoms with Gasteiger partial charge < -0.3 is 0 Å². The van der Waals surface area contributed by atoms with Gasteiger partial charge in [-0.1, -0.05) is 26.7 Å². The van der Waals surface area contributed by atoms with Gasteiger partial charge in [0.15, 0.2) is 0 Å². The predicted molar refractivity (Wildman–Crippen MR) is 46.6 cm³/mol. The second-order valence-electron chi connectivity index (χ2n) is 4.04. The zero-order valence-electron chi connectivity index (χ0n) is 7.19. The summed E-state index contributed by atoms with van der Waals surface area (Å²) in [6.45, 7) is 4.18. The largest absolute Gasteiger partial charge is 0.281 e. The molecule has 1 aliphatic rings. The number of halogens is 1. The zero-order chi connectivity index (χ0) is 8.48. The second kappa shape index (κ2) is 3.14. The average Bonchev–Trinajstić information content (AvgIpc) is 1.86. The standard InChI is InChI=1S/C9H15ClO/c1-7-4-3-5-9(2,6-7)8(10)11/h7H,3-6H2,1-2H3/t7-,9-/m1/s1. The molecule has 1 nitrogen and oxygen atoms in total. The first-order valence-corrected chi connectivity index (χ1v) is 4.62. The van der Waals surface area contributed by atoms with Crippen molar-refractivity contribution in [1.82, 2.24) is 0 Å². The van der Waals surface area contributed by atoms with E-state index in [-0.39, 0.29) is 10.7 Å². The molecule has 0 radical (unpaired) electrons. The molecular formula is C9H15ClO. The van der Waals surface area contributed by atoms with Crippen molar-refractivity contribution < 1.29 is 4.79 Å². The third kappa shape index (κ3) is 1.96. The van der Waals surface area contributed by atoms with E-state index in [1.54, 1.807) is 0 Å². The lowest BCUT2D eigenvalue weighted by atomic mass is 9.72. The fraction of sp³-hybridized carbons (Fsp3) is 0.889. The highest BCUT2D eigenvalue weighted by atomic mass is 35.5. The predicted octanol–water partition coefficient (Wildman–Crippen LogP) is 2.97. The monoisotopic (exact) mass is 174 g/mol. The molecular weight excluding hydrogens is 160 g/mol. The molecule has 1 fully saturated rings. The zero-order valence-corrected chi connectivity index (χ0v) is 7.95. The molecule has 0 bridgehead atoms. The molecule has 0 amide bonds. The fourth-order valence-corrected chi connectivity index (χ4v) is 2.16. The maximum Gasteiger partial charge on any atom is 0.227 e. The van der Waals surface area contributed by atoms with Crippen LogP contribution in [-0.2, 0) is 4.79 Å². The Bertz CT molecular complexity index is 167. The van der Waals surface area contributed by atoms with Crippen molar-refractivity contribution in [2.24, 2.45) is 11.3 Å². The van der Waals surface area contributed by atoms with E-state index in [4.69, 9.17) is 11.6 Å². The Hall–Kier alpha value is -0.0400.